The highest BCUT2D eigenvalue weighted by molar-refractivity contribution is 6.32. The van der Waals surface area contributed by atoms with Gasteiger partial charge in [-0.3, -0.25) is 0 Å². The van der Waals surface area contributed by atoms with Crippen LogP contribution in [-0.2, 0) is 0 Å². The second-order valence-corrected chi connectivity index (χ2v) is 3.14. The van der Waals surface area contributed by atoms with E-state index in [0.717, 1.165) is 23.7 Å². The molecule has 0 bridgehead atoms. The molecule has 0 spiro atoms. The molecule has 1 aromatic rings. The quantitative estimate of drug-likeness (QED) is 0.729. The lowest BCUT2D eigenvalue weighted by atomic mass is 10.2. The fourth-order valence-electron chi connectivity index (χ4n) is 1.02. The Morgan fingerprint density at radius 3 is 2.85 bits per heavy atom. The zero-order valence-corrected chi connectivity index (χ0v) is 8.51. The smallest absolute Gasteiger partial charge is 0.0478 e. The van der Waals surface area contributed by atoms with E-state index in [1.54, 1.807) is 0 Å². The molecule has 2 heteroatoms. The molecule has 1 N–H and O–H groups in total. The number of rotatable bonds is 4. The molecule has 1 nitrogen and oxygen atoms in total. The lowest BCUT2D eigenvalue weighted by Crippen LogP contribution is -2.11. The van der Waals surface area contributed by atoms with E-state index in [-0.39, 0.29) is 0 Å². The Morgan fingerprint density at radius 1 is 1.38 bits per heavy atom. The van der Waals surface area contributed by atoms with Crippen LogP contribution in [0.1, 0.15) is 12.5 Å². The van der Waals surface area contributed by atoms with E-state index in [4.69, 9.17) is 11.6 Å². The van der Waals surface area contributed by atoms with Gasteiger partial charge < -0.3 is 5.32 Å². The first kappa shape index (κ1) is 10.3. The average Bonchev–Trinajstić information content (AvgIpc) is 2.15. The molecular weight excluding hydrogens is 182 g/mol. The predicted octanol–water partition coefficient (Wildman–Crippen LogP) is 2.96. The Kier molecular flexibility index (Phi) is 4.58. The van der Waals surface area contributed by atoms with Crippen LogP contribution in [0.15, 0.2) is 30.3 Å². The third-order valence-corrected chi connectivity index (χ3v) is 2.06. The highest BCUT2D eigenvalue weighted by Gasteiger charge is 1.91. The van der Waals surface area contributed by atoms with E-state index in [1.807, 2.05) is 30.3 Å². The van der Waals surface area contributed by atoms with Crippen LogP contribution >= 0.6 is 11.6 Å². The minimum absolute atomic E-state index is 0.801. The SMILES string of the molecule is CCNCC=Cc1ccccc1Cl. The maximum atomic E-state index is 5.97. The third-order valence-electron chi connectivity index (χ3n) is 1.71. The van der Waals surface area contributed by atoms with Crippen LogP contribution in [0.5, 0.6) is 0 Å². The van der Waals surface area contributed by atoms with Gasteiger partial charge in [-0.05, 0) is 18.2 Å². The molecule has 0 unspecified atom stereocenters. The molecule has 0 aromatic heterocycles. The van der Waals surface area contributed by atoms with Crippen LogP contribution in [-0.4, -0.2) is 13.1 Å². The second-order valence-electron chi connectivity index (χ2n) is 2.73. The first-order chi connectivity index (χ1) is 6.34. The molecule has 0 radical (unpaired) electrons. The van der Waals surface area contributed by atoms with Gasteiger partial charge in [-0.15, -0.1) is 0 Å². The molecule has 0 aliphatic carbocycles. The van der Waals surface area contributed by atoms with Crippen LogP contribution in [0.4, 0.5) is 0 Å². The Labute approximate surface area is 84.4 Å². The molecule has 0 aliphatic heterocycles. The summed E-state index contributed by atoms with van der Waals surface area (Å²) in [4.78, 5) is 0. The van der Waals surface area contributed by atoms with Gasteiger partial charge >= 0.3 is 0 Å². The molecule has 13 heavy (non-hydrogen) atoms. The summed E-state index contributed by atoms with van der Waals surface area (Å²) in [6.07, 6.45) is 4.11. The highest BCUT2D eigenvalue weighted by atomic mass is 35.5. The van der Waals surface area contributed by atoms with Crippen molar-refractivity contribution in [3.8, 4) is 0 Å². The van der Waals surface area contributed by atoms with Crippen molar-refractivity contribution < 1.29 is 0 Å². The molecule has 1 rings (SSSR count). The summed E-state index contributed by atoms with van der Waals surface area (Å²) >= 11 is 5.97. The number of likely N-dealkylation sites (N-methyl/N-ethyl adjacent to an activating group) is 1. The molecule has 0 atom stereocenters. The first-order valence-corrected chi connectivity index (χ1v) is 4.84. The minimum atomic E-state index is 0.801. The fourth-order valence-corrected chi connectivity index (χ4v) is 1.22. The molecule has 70 valence electrons. The van der Waals surface area contributed by atoms with Gasteiger partial charge in [-0.1, -0.05) is 48.9 Å². The molecule has 0 saturated heterocycles. The molecular formula is C11H14ClN. The lowest BCUT2D eigenvalue weighted by molar-refractivity contribution is 0.801. The molecule has 1 aromatic carbocycles. The van der Waals surface area contributed by atoms with Crippen LogP contribution in [0.2, 0.25) is 5.02 Å². The van der Waals surface area contributed by atoms with Crippen molar-refractivity contribution in [1.82, 2.24) is 5.32 Å². The summed E-state index contributed by atoms with van der Waals surface area (Å²) < 4.78 is 0. The molecule has 0 amide bonds. The predicted molar refractivity (Wildman–Crippen MR) is 59.0 cm³/mol. The van der Waals surface area contributed by atoms with Gasteiger partial charge in [0.05, 0.1) is 0 Å². The molecule has 0 aliphatic rings. The van der Waals surface area contributed by atoms with E-state index in [1.165, 1.54) is 0 Å². The van der Waals surface area contributed by atoms with Crippen molar-refractivity contribution in [3.05, 3.63) is 40.9 Å². The minimum Gasteiger partial charge on any atom is -0.314 e. The Balaban J connectivity index is 2.53. The van der Waals surface area contributed by atoms with Gasteiger partial charge in [0, 0.05) is 11.6 Å². The zero-order valence-electron chi connectivity index (χ0n) is 7.76. The van der Waals surface area contributed by atoms with Crippen LogP contribution in [0, 0.1) is 0 Å². The van der Waals surface area contributed by atoms with Gasteiger partial charge in [0.25, 0.3) is 0 Å². The maximum Gasteiger partial charge on any atom is 0.0478 e. The third kappa shape index (κ3) is 3.62. The molecule has 0 fully saturated rings. The van der Waals surface area contributed by atoms with Crippen molar-refractivity contribution in [1.29, 1.82) is 0 Å². The van der Waals surface area contributed by atoms with Crippen LogP contribution in [0.25, 0.3) is 6.08 Å². The van der Waals surface area contributed by atoms with E-state index in [2.05, 4.69) is 18.3 Å². The average molecular weight is 196 g/mol. The number of hydrogen-bond donors (Lipinski definition) is 1. The number of hydrogen-bond acceptors (Lipinski definition) is 1. The van der Waals surface area contributed by atoms with Gasteiger partial charge in [0.2, 0.25) is 0 Å². The number of benzene rings is 1. The van der Waals surface area contributed by atoms with Crippen molar-refractivity contribution in [2.75, 3.05) is 13.1 Å². The van der Waals surface area contributed by atoms with E-state index in [0.29, 0.717) is 0 Å². The summed E-state index contributed by atoms with van der Waals surface area (Å²) in [6, 6.07) is 7.82. The summed E-state index contributed by atoms with van der Waals surface area (Å²) in [5, 5.41) is 4.01. The first-order valence-electron chi connectivity index (χ1n) is 4.46. The van der Waals surface area contributed by atoms with E-state index < -0.39 is 0 Å². The summed E-state index contributed by atoms with van der Waals surface area (Å²) in [6.45, 7) is 3.97. The molecule has 0 heterocycles. The topological polar surface area (TPSA) is 12.0 Å². The number of nitrogens with one attached hydrogen (secondary N) is 1. The standard InChI is InChI=1S/C11H14ClN/c1-2-13-9-5-7-10-6-3-4-8-11(10)12/h3-8,13H,2,9H2,1H3. The van der Waals surface area contributed by atoms with Crippen molar-refractivity contribution in [3.63, 3.8) is 0 Å². The fraction of sp³-hybridized carbons (Fsp3) is 0.273. The largest absolute Gasteiger partial charge is 0.314 e. The van der Waals surface area contributed by atoms with Crippen molar-refractivity contribution in [2.24, 2.45) is 0 Å². The van der Waals surface area contributed by atoms with Gasteiger partial charge in [0.15, 0.2) is 0 Å². The summed E-state index contributed by atoms with van der Waals surface area (Å²) in [5.74, 6) is 0. The summed E-state index contributed by atoms with van der Waals surface area (Å²) in [5.41, 5.74) is 1.07. The molecule has 0 saturated carbocycles. The van der Waals surface area contributed by atoms with Crippen molar-refractivity contribution in [2.45, 2.75) is 6.92 Å². The highest BCUT2D eigenvalue weighted by Crippen LogP contribution is 2.15. The second kappa shape index (κ2) is 5.79. The van der Waals surface area contributed by atoms with Gasteiger partial charge in [-0.2, -0.15) is 0 Å². The van der Waals surface area contributed by atoms with E-state index in [9.17, 15) is 0 Å². The summed E-state index contributed by atoms with van der Waals surface area (Å²) in [7, 11) is 0. The Bertz CT molecular complexity index is 281. The normalized spacial score (nSPS) is 10.9. The zero-order chi connectivity index (χ0) is 9.52. The van der Waals surface area contributed by atoms with E-state index >= 15 is 0 Å². The van der Waals surface area contributed by atoms with Crippen molar-refractivity contribution >= 4 is 17.7 Å². The maximum absolute atomic E-state index is 5.97. The van der Waals surface area contributed by atoms with Crippen LogP contribution < -0.4 is 5.32 Å². The monoisotopic (exact) mass is 195 g/mol. The van der Waals surface area contributed by atoms with Gasteiger partial charge in [0.1, 0.15) is 0 Å². The number of halogens is 1. The van der Waals surface area contributed by atoms with Gasteiger partial charge in [-0.25, -0.2) is 0 Å². The Morgan fingerprint density at radius 2 is 2.15 bits per heavy atom. The lowest BCUT2D eigenvalue weighted by Gasteiger charge is -1.97. The van der Waals surface area contributed by atoms with Crippen LogP contribution in [0.3, 0.4) is 0 Å². The Hall–Kier alpha value is -0.790.